The summed E-state index contributed by atoms with van der Waals surface area (Å²) in [6.07, 6.45) is -3.35. The Hall–Kier alpha value is -2.31. The number of pyridine rings is 1. The summed E-state index contributed by atoms with van der Waals surface area (Å²) in [6, 6.07) is 8.84. The van der Waals surface area contributed by atoms with Crippen LogP contribution in [0.4, 0.5) is 29.1 Å². The van der Waals surface area contributed by atoms with Crippen LogP contribution >= 0.6 is 0 Å². The highest BCUT2D eigenvalue weighted by Crippen LogP contribution is 2.28. The number of piperazine rings is 1. The predicted molar refractivity (Wildman–Crippen MR) is 78.8 cm³/mol. The predicted octanol–water partition coefficient (Wildman–Crippen LogP) is 2.99. The Kier molecular flexibility index (Phi) is 4.11. The van der Waals surface area contributed by atoms with Gasteiger partial charge in [-0.2, -0.15) is 13.2 Å². The van der Waals surface area contributed by atoms with E-state index in [-0.39, 0.29) is 5.82 Å². The van der Waals surface area contributed by atoms with Crippen molar-refractivity contribution >= 4 is 11.5 Å². The Balaban J connectivity index is 1.63. The Labute approximate surface area is 131 Å². The van der Waals surface area contributed by atoms with Gasteiger partial charge in [-0.1, -0.05) is 0 Å². The molecule has 122 valence electrons. The molecule has 0 unspecified atom stereocenters. The zero-order valence-electron chi connectivity index (χ0n) is 12.3. The van der Waals surface area contributed by atoms with Crippen LogP contribution < -0.4 is 14.8 Å². The van der Waals surface area contributed by atoms with E-state index in [4.69, 9.17) is 0 Å². The molecular weight excluding hydrogens is 310 g/mol. The summed E-state index contributed by atoms with van der Waals surface area (Å²) in [5.74, 6) is 0.392. The number of hydrogen-bond donors (Lipinski definition) is 0. The van der Waals surface area contributed by atoms with Crippen molar-refractivity contribution in [1.82, 2.24) is 0 Å². The lowest BCUT2D eigenvalue weighted by Crippen LogP contribution is -2.48. The number of H-pyrrole nitrogens is 1. The minimum atomic E-state index is -4.34. The largest absolute Gasteiger partial charge is 0.419 e. The standard InChI is InChI=1S/C16H15F4N3/c17-13-2-4-14(5-3-13)22-7-9-23(10-8-22)15-6-1-12(11-21-15)16(18,19)20/h1-6,11H,7-10H2/p+1. The van der Waals surface area contributed by atoms with Crippen molar-refractivity contribution in [3.8, 4) is 0 Å². The van der Waals surface area contributed by atoms with Crippen molar-refractivity contribution in [3.63, 3.8) is 0 Å². The number of anilines is 2. The molecule has 7 heteroatoms. The van der Waals surface area contributed by atoms with E-state index in [1.807, 2.05) is 4.90 Å². The van der Waals surface area contributed by atoms with Crippen LogP contribution in [0.3, 0.4) is 0 Å². The molecule has 0 amide bonds. The van der Waals surface area contributed by atoms with Gasteiger partial charge in [-0.15, -0.1) is 0 Å². The van der Waals surface area contributed by atoms with E-state index in [2.05, 4.69) is 9.88 Å². The topological polar surface area (TPSA) is 20.6 Å². The van der Waals surface area contributed by atoms with Crippen LogP contribution in [0.25, 0.3) is 0 Å². The third-order valence-electron chi connectivity index (χ3n) is 3.94. The molecule has 1 saturated heterocycles. The molecule has 3 nitrogen and oxygen atoms in total. The van der Waals surface area contributed by atoms with Crippen LogP contribution in [0.15, 0.2) is 42.6 Å². The number of alkyl halides is 3. The van der Waals surface area contributed by atoms with E-state index in [1.165, 1.54) is 18.2 Å². The molecule has 23 heavy (non-hydrogen) atoms. The van der Waals surface area contributed by atoms with Gasteiger partial charge in [0.2, 0.25) is 0 Å². The van der Waals surface area contributed by atoms with Crippen molar-refractivity contribution < 1.29 is 22.5 Å². The molecule has 1 aliphatic heterocycles. The number of aromatic amines is 1. The van der Waals surface area contributed by atoms with E-state index >= 15 is 0 Å². The molecule has 1 aliphatic rings. The number of hydrogen-bond acceptors (Lipinski definition) is 2. The maximum atomic E-state index is 12.9. The average Bonchev–Trinajstić information content (AvgIpc) is 2.55. The van der Waals surface area contributed by atoms with Crippen molar-refractivity contribution in [2.75, 3.05) is 36.0 Å². The Bertz CT molecular complexity index is 645. The number of benzene rings is 1. The van der Waals surface area contributed by atoms with Gasteiger partial charge in [0.25, 0.3) is 5.82 Å². The first-order valence-electron chi connectivity index (χ1n) is 7.28. The smallest absolute Gasteiger partial charge is 0.364 e. The zero-order valence-corrected chi connectivity index (χ0v) is 12.3. The van der Waals surface area contributed by atoms with E-state index < -0.39 is 11.7 Å². The molecule has 0 aliphatic carbocycles. The third kappa shape index (κ3) is 3.55. The normalized spacial score (nSPS) is 15.8. The van der Waals surface area contributed by atoms with Crippen molar-refractivity contribution in [2.24, 2.45) is 0 Å². The highest BCUT2D eigenvalue weighted by atomic mass is 19.4. The molecule has 1 N–H and O–H groups in total. The average molecular weight is 326 g/mol. The summed E-state index contributed by atoms with van der Waals surface area (Å²) >= 11 is 0. The fraction of sp³-hybridized carbons (Fsp3) is 0.312. The molecule has 2 aromatic rings. The molecule has 1 fully saturated rings. The fourth-order valence-corrected chi connectivity index (χ4v) is 2.65. The quantitative estimate of drug-likeness (QED) is 0.791. The third-order valence-corrected chi connectivity index (χ3v) is 3.94. The van der Waals surface area contributed by atoms with Crippen LogP contribution in [0.2, 0.25) is 0 Å². The van der Waals surface area contributed by atoms with Crippen LogP contribution in [0.5, 0.6) is 0 Å². The van der Waals surface area contributed by atoms with Gasteiger partial charge in [-0.25, -0.2) is 9.37 Å². The summed E-state index contributed by atoms with van der Waals surface area (Å²) in [4.78, 5) is 6.84. The van der Waals surface area contributed by atoms with Crippen LogP contribution in [0.1, 0.15) is 5.56 Å². The summed E-state index contributed by atoms with van der Waals surface area (Å²) in [7, 11) is 0. The Morgan fingerprint density at radius 1 is 0.826 bits per heavy atom. The number of halogens is 4. The summed E-state index contributed by atoms with van der Waals surface area (Å²) < 4.78 is 50.6. The van der Waals surface area contributed by atoms with Crippen molar-refractivity contribution in [1.29, 1.82) is 0 Å². The molecule has 1 aromatic carbocycles. The zero-order chi connectivity index (χ0) is 16.4. The van der Waals surface area contributed by atoms with Gasteiger partial charge >= 0.3 is 6.18 Å². The molecule has 1 aromatic heterocycles. The minimum absolute atomic E-state index is 0.272. The Morgan fingerprint density at radius 3 is 1.96 bits per heavy atom. The first-order chi connectivity index (χ1) is 10.9. The highest BCUT2D eigenvalue weighted by molar-refractivity contribution is 5.48. The van der Waals surface area contributed by atoms with Crippen LogP contribution in [-0.2, 0) is 6.18 Å². The van der Waals surface area contributed by atoms with Gasteiger partial charge in [-0.3, -0.25) is 4.90 Å². The fourth-order valence-electron chi connectivity index (χ4n) is 2.65. The molecule has 0 bridgehead atoms. The van der Waals surface area contributed by atoms with Gasteiger partial charge in [0.15, 0.2) is 0 Å². The maximum Gasteiger partial charge on any atom is 0.419 e. The number of rotatable bonds is 2. The molecule has 0 spiro atoms. The second-order valence-corrected chi connectivity index (χ2v) is 5.41. The summed E-state index contributed by atoms with van der Waals surface area (Å²) in [5.41, 5.74) is 0.258. The van der Waals surface area contributed by atoms with Gasteiger partial charge in [0, 0.05) is 11.8 Å². The van der Waals surface area contributed by atoms with Gasteiger partial charge in [0.05, 0.1) is 18.7 Å². The molecular formula is C16H16F4N3+. The second-order valence-electron chi connectivity index (χ2n) is 5.41. The lowest BCUT2D eigenvalue weighted by Gasteiger charge is -2.32. The van der Waals surface area contributed by atoms with Gasteiger partial charge in [-0.05, 0) is 30.3 Å². The molecule has 0 radical (unpaired) electrons. The lowest BCUT2D eigenvalue weighted by atomic mass is 10.2. The molecule has 2 heterocycles. The first kappa shape index (κ1) is 15.6. The highest BCUT2D eigenvalue weighted by Gasteiger charge is 2.32. The van der Waals surface area contributed by atoms with Gasteiger partial charge < -0.3 is 4.90 Å². The second kappa shape index (κ2) is 6.06. The number of aromatic nitrogens is 1. The van der Waals surface area contributed by atoms with Gasteiger partial charge in [0.1, 0.15) is 25.1 Å². The van der Waals surface area contributed by atoms with Crippen LogP contribution in [-0.4, -0.2) is 26.2 Å². The Morgan fingerprint density at radius 2 is 1.43 bits per heavy atom. The number of nitrogens with one attached hydrogen (secondary N) is 1. The SMILES string of the molecule is Fc1ccc(N2CCN(c3ccc(C(F)(F)F)c[nH+]3)CC2)cc1. The number of nitrogens with zero attached hydrogens (tertiary/aromatic N) is 2. The lowest BCUT2D eigenvalue weighted by molar-refractivity contribution is -0.367. The van der Waals surface area contributed by atoms with E-state index in [0.29, 0.717) is 18.9 Å². The first-order valence-corrected chi connectivity index (χ1v) is 7.28. The van der Waals surface area contributed by atoms with Crippen molar-refractivity contribution in [2.45, 2.75) is 6.18 Å². The van der Waals surface area contributed by atoms with E-state index in [1.54, 1.807) is 12.1 Å². The van der Waals surface area contributed by atoms with E-state index in [0.717, 1.165) is 31.0 Å². The summed E-state index contributed by atoms with van der Waals surface area (Å²) in [5, 5.41) is 0. The van der Waals surface area contributed by atoms with E-state index in [9.17, 15) is 17.6 Å². The maximum absolute atomic E-state index is 12.9. The molecule has 0 atom stereocenters. The molecule has 3 rings (SSSR count). The monoisotopic (exact) mass is 326 g/mol. The van der Waals surface area contributed by atoms with Crippen molar-refractivity contribution in [3.05, 3.63) is 54.0 Å². The summed E-state index contributed by atoms with van der Waals surface area (Å²) in [6.45, 7) is 2.81. The minimum Gasteiger partial charge on any atom is -0.364 e. The molecule has 0 saturated carbocycles. The van der Waals surface area contributed by atoms with Crippen LogP contribution in [0, 0.1) is 5.82 Å².